The van der Waals surface area contributed by atoms with Gasteiger partial charge in [0.25, 0.3) is 0 Å². The van der Waals surface area contributed by atoms with Gasteiger partial charge in [0.05, 0.1) is 6.10 Å². The lowest BCUT2D eigenvalue weighted by Gasteiger charge is -2.11. The zero-order valence-electron chi connectivity index (χ0n) is 8.84. The van der Waals surface area contributed by atoms with E-state index < -0.39 is 0 Å². The number of aliphatic hydroxyl groups is 1. The highest BCUT2D eigenvalue weighted by molar-refractivity contribution is 5.78. The molecule has 0 aliphatic rings. The number of carbonyl (C=O) groups is 1. The molecule has 0 fully saturated rings. The van der Waals surface area contributed by atoms with Crippen LogP contribution in [0.3, 0.4) is 0 Å². The number of carbonyl (C=O) groups excluding carboxylic acids is 1. The highest BCUT2D eigenvalue weighted by atomic mass is 16.3. The van der Waals surface area contributed by atoms with E-state index in [9.17, 15) is 4.79 Å². The Labute approximate surface area is 80.5 Å². The lowest BCUT2D eigenvalue weighted by molar-refractivity contribution is -0.124. The fraction of sp³-hybridized carbons (Fsp3) is 0.900. The zero-order chi connectivity index (χ0) is 10.3. The van der Waals surface area contributed by atoms with Gasteiger partial charge in [0.2, 0.25) is 5.91 Å². The van der Waals surface area contributed by atoms with Crippen LogP contribution in [0, 0.1) is 5.92 Å². The van der Waals surface area contributed by atoms with Gasteiger partial charge in [-0.25, -0.2) is 0 Å². The van der Waals surface area contributed by atoms with Crippen LogP contribution in [0.25, 0.3) is 0 Å². The monoisotopic (exact) mass is 187 g/mol. The van der Waals surface area contributed by atoms with E-state index in [1.807, 2.05) is 6.92 Å². The summed E-state index contributed by atoms with van der Waals surface area (Å²) >= 11 is 0. The summed E-state index contributed by atoms with van der Waals surface area (Å²) in [5.74, 6) is 0.196. The normalized spacial score (nSPS) is 15.1. The van der Waals surface area contributed by atoms with Gasteiger partial charge in [-0.15, -0.1) is 0 Å². The molecule has 0 heterocycles. The average Bonchev–Trinajstić information content (AvgIpc) is 2.04. The second kappa shape index (κ2) is 6.89. The molecule has 2 atom stereocenters. The lowest BCUT2D eigenvalue weighted by atomic mass is 10.1. The first-order chi connectivity index (χ1) is 6.07. The minimum atomic E-state index is -0.332. The van der Waals surface area contributed by atoms with E-state index in [-0.39, 0.29) is 17.9 Å². The van der Waals surface area contributed by atoms with Gasteiger partial charge in [-0.3, -0.25) is 4.79 Å². The number of aliphatic hydroxyl groups excluding tert-OH is 1. The molecule has 0 saturated heterocycles. The molecule has 0 rings (SSSR count). The average molecular weight is 187 g/mol. The van der Waals surface area contributed by atoms with Gasteiger partial charge >= 0.3 is 0 Å². The second-order valence-electron chi connectivity index (χ2n) is 3.62. The molecule has 2 unspecified atom stereocenters. The second-order valence-corrected chi connectivity index (χ2v) is 3.62. The number of rotatable bonds is 6. The maximum atomic E-state index is 11.3. The fourth-order valence-electron chi connectivity index (χ4n) is 1.14. The van der Waals surface area contributed by atoms with Crippen molar-refractivity contribution in [3.8, 4) is 0 Å². The van der Waals surface area contributed by atoms with E-state index in [0.29, 0.717) is 13.0 Å². The molecular formula is C10H21NO2. The van der Waals surface area contributed by atoms with Crippen molar-refractivity contribution in [3.63, 3.8) is 0 Å². The van der Waals surface area contributed by atoms with Crippen LogP contribution in [0.1, 0.15) is 40.0 Å². The van der Waals surface area contributed by atoms with Gasteiger partial charge in [-0.05, 0) is 19.8 Å². The predicted octanol–water partition coefficient (Wildman–Crippen LogP) is 1.31. The first kappa shape index (κ1) is 12.4. The lowest BCUT2D eigenvalue weighted by Crippen LogP contribution is -2.31. The molecule has 3 heteroatoms. The summed E-state index contributed by atoms with van der Waals surface area (Å²) in [6, 6.07) is 0. The number of hydrogen-bond acceptors (Lipinski definition) is 2. The molecule has 0 spiro atoms. The molecular weight excluding hydrogens is 166 g/mol. The Morgan fingerprint density at radius 3 is 2.46 bits per heavy atom. The number of nitrogens with one attached hydrogen (secondary N) is 1. The molecule has 0 aliphatic carbocycles. The minimum Gasteiger partial charge on any atom is -0.393 e. The summed E-state index contributed by atoms with van der Waals surface area (Å²) < 4.78 is 0. The van der Waals surface area contributed by atoms with Crippen LogP contribution in [0.5, 0.6) is 0 Å². The van der Waals surface area contributed by atoms with Crippen LogP contribution in [-0.2, 0) is 4.79 Å². The Bertz CT molecular complexity index is 146. The predicted molar refractivity (Wildman–Crippen MR) is 53.4 cm³/mol. The Balaban J connectivity index is 3.50. The van der Waals surface area contributed by atoms with Crippen molar-refractivity contribution in [2.75, 3.05) is 6.54 Å². The van der Waals surface area contributed by atoms with Crippen LogP contribution in [0.15, 0.2) is 0 Å². The molecule has 0 radical (unpaired) electrons. The van der Waals surface area contributed by atoms with Crippen LogP contribution in [-0.4, -0.2) is 23.7 Å². The maximum Gasteiger partial charge on any atom is 0.222 e. The molecule has 2 N–H and O–H groups in total. The smallest absolute Gasteiger partial charge is 0.222 e. The van der Waals surface area contributed by atoms with Crippen molar-refractivity contribution in [2.45, 2.75) is 46.1 Å². The zero-order valence-corrected chi connectivity index (χ0v) is 8.84. The molecule has 3 nitrogen and oxygen atoms in total. The van der Waals surface area contributed by atoms with E-state index in [1.165, 1.54) is 0 Å². The molecule has 78 valence electrons. The van der Waals surface area contributed by atoms with Gasteiger partial charge in [0, 0.05) is 12.5 Å². The quantitative estimate of drug-likeness (QED) is 0.658. The highest BCUT2D eigenvalue weighted by Gasteiger charge is 2.10. The Morgan fingerprint density at radius 2 is 2.00 bits per heavy atom. The topological polar surface area (TPSA) is 49.3 Å². The van der Waals surface area contributed by atoms with Crippen LogP contribution in [0.4, 0.5) is 0 Å². The van der Waals surface area contributed by atoms with Crippen LogP contribution >= 0.6 is 0 Å². The molecule has 0 aliphatic heterocycles. The highest BCUT2D eigenvalue weighted by Crippen LogP contribution is 2.04. The van der Waals surface area contributed by atoms with E-state index >= 15 is 0 Å². The third-order valence-electron chi connectivity index (χ3n) is 2.03. The minimum absolute atomic E-state index is 0.0963. The van der Waals surface area contributed by atoms with Crippen LogP contribution in [0.2, 0.25) is 0 Å². The standard InChI is InChI=1S/C10H21NO2/c1-4-5-8(2)10(13)11-7-6-9(3)12/h8-9,12H,4-7H2,1-3H3,(H,11,13). The summed E-state index contributed by atoms with van der Waals surface area (Å²) in [6.07, 6.45) is 2.26. The molecule has 0 saturated carbocycles. The summed E-state index contributed by atoms with van der Waals surface area (Å²) in [7, 11) is 0. The molecule has 0 aromatic rings. The van der Waals surface area contributed by atoms with E-state index in [4.69, 9.17) is 5.11 Å². The van der Waals surface area contributed by atoms with Gasteiger partial charge in [0.1, 0.15) is 0 Å². The summed E-state index contributed by atoms with van der Waals surface area (Å²) in [5, 5.41) is 11.8. The van der Waals surface area contributed by atoms with Gasteiger partial charge in [0.15, 0.2) is 0 Å². The number of hydrogen-bond donors (Lipinski definition) is 2. The molecule has 1 amide bonds. The summed E-state index contributed by atoms with van der Waals surface area (Å²) in [6.45, 7) is 6.30. The van der Waals surface area contributed by atoms with Crippen molar-refractivity contribution < 1.29 is 9.90 Å². The van der Waals surface area contributed by atoms with E-state index in [1.54, 1.807) is 6.92 Å². The third kappa shape index (κ3) is 6.58. The van der Waals surface area contributed by atoms with Gasteiger partial charge in [-0.1, -0.05) is 20.3 Å². The Morgan fingerprint density at radius 1 is 1.38 bits per heavy atom. The first-order valence-electron chi connectivity index (χ1n) is 5.03. The molecule has 13 heavy (non-hydrogen) atoms. The Hall–Kier alpha value is -0.570. The third-order valence-corrected chi connectivity index (χ3v) is 2.03. The van der Waals surface area contributed by atoms with Crippen molar-refractivity contribution in [1.82, 2.24) is 5.32 Å². The molecule has 0 bridgehead atoms. The molecule has 0 aromatic carbocycles. The van der Waals surface area contributed by atoms with E-state index in [2.05, 4.69) is 12.2 Å². The van der Waals surface area contributed by atoms with Crippen molar-refractivity contribution in [3.05, 3.63) is 0 Å². The van der Waals surface area contributed by atoms with Gasteiger partial charge in [-0.2, -0.15) is 0 Å². The SMILES string of the molecule is CCCC(C)C(=O)NCCC(C)O. The summed E-state index contributed by atoms with van der Waals surface area (Å²) in [5.41, 5.74) is 0. The first-order valence-corrected chi connectivity index (χ1v) is 5.03. The van der Waals surface area contributed by atoms with Gasteiger partial charge < -0.3 is 10.4 Å². The Kier molecular flexibility index (Phi) is 6.59. The van der Waals surface area contributed by atoms with Crippen molar-refractivity contribution >= 4 is 5.91 Å². The maximum absolute atomic E-state index is 11.3. The fourth-order valence-corrected chi connectivity index (χ4v) is 1.14. The molecule has 0 aromatic heterocycles. The summed E-state index contributed by atoms with van der Waals surface area (Å²) in [4.78, 5) is 11.3. The van der Waals surface area contributed by atoms with E-state index in [0.717, 1.165) is 12.8 Å². The largest absolute Gasteiger partial charge is 0.393 e. The van der Waals surface area contributed by atoms with Crippen LogP contribution < -0.4 is 5.32 Å². The van der Waals surface area contributed by atoms with Crippen molar-refractivity contribution in [2.24, 2.45) is 5.92 Å². The van der Waals surface area contributed by atoms with Crippen molar-refractivity contribution in [1.29, 1.82) is 0 Å². The number of amides is 1.